The maximum Gasteiger partial charge on any atom is 0.272 e. The number of furan rings is 1. The zero-order valence-corrected chi connectivity index (χ0v) is 15.3. The second kappa shape index (κ2) is 6.82. The van der Waals surface area contributed by atoms with Crippen LogP contribution in [0.15, 0.2) is 59.3 Å². The van der Waals surface area contributed by atoms with E-state index < -0.39 is 0 Å². The summed E-state index contributed by atoms with van der Waals surface area (Å²) in [5.74, 6) is 0.600. The van der Waals surface area contributed by atoms with Crippen molar-refractivity contribution in [3.63, 3.8) is 0 Å². The van der Waals surface area contributed by atoms with E-state index in [0.717, 1.165) is 43.6 Å². The van der Waals surface area contributed by atoms with Gasteiger partial charge in [0, 0.05) is 43.8 Å². The molecule has 1 amide bonds. The highest BCUT2D eigenvalue weighted by molar-refractivity contribution is 5.92. The van der Waals surface area contributed by atoms with E-state index in [9.17, 15) is 4.79 Å². The molecule has 1 aromatic carbocycles. The monoisotopic (exact) mass is 361 g/mol. The lowest BCUT2D eigenvalue weighted by Gasteiger charge is -2.36. The predicted octanol–water partition coefficient (Wildman–Crippen LogP) is 3.56. The van der Waals surface area contributed by atoms with E-state index in [0.29, 0.717) is 17.7 Å². The molecule has 0 unspecified atom stereocenters. The van der Waals surface area contributed by atoms with Crippen LogP contribution in [-0.2, 0) is 6.54 Å². The number of fused-ring (bicyclic) bond motifs is 5. The van der Waals surface area contributed by atoms with Crippen LogP contribution < -0.4 is 0 Å². The minimum absolute atomic E-state index is 0.0640. The standard InChI is InChI=1S/C22H23N3O2/c26-22(20-3-1-2-9-23-20)25-14-17-4-6-19(15-25)24(13-17)12-16-5-7-21-18(11-16)8-10-27-21/h1-3,5,7-11,17,19H,4,6,12-15H2/t17-,19-/m0/s1. The van der Waals surface area contributed by atoms with E-state index in [2.05, 4.69) is 28.1 Å². The molecular weight excluding hydrogens is 338 g/mol. The summed E-state index contributed by atoms with van der Waals surface area (Å²) in [4.78, 5) is 21.7. The highest BCUT2D eigenvalue weighted by Crippen LogP contribution is 2.30. The second-order valence-corrected chi connectivity index (χ2v) is 7.74. The van der Waals surface area contributed by atoms with Gasteiger partial charge < -0.3 is 9.32 Å². The van der Waals surface area contributed by atoms with Crippen molar-refractivity contribution < 1.29 is 9.21 Å². The number of piperidine rings is 1. The van der Waals surface area contributed by atoms with Crippen molar-refractivity contribution in [2.75, 3.05) is 19.6 Å². The molecule has 0 saturated carbocycles. The third-order valence-corrected chi connectivity index (χ3v) is 5.90. The molecule has 6 rings (SSSR count). The molecule has 5 heterocycles. The van der Waals surface area contributed by atoms with Crippen LogP contribution in [0.25, 0.3) is 11.0 Å². The lowest BCUT2D eigenvalue weighted by molar-refractivity contribution is 0.0730. The fraction of sp³-hybridized carbons (Fsp3) is 0.364. The molecule has 0 aliphatic carbocycles. The van der Waals surface area contributed by atoms with Crippen molar-refractivity contribution in [2.24, 2.45) is 5.92 Å². The number of carbonyl (C=O) groups excluding carboxylic acids is 1. The van der Waals surface area contributed by atoms with Crippen LogP contribution in [0.5, 0.6) is 0 Å². The van der Waals surface area contributed by atoms with Crippen molar-refractivity contribution in [3.05, 3.63) is 66.2 Å². The lowest BCUT2D eigenvalue weighted by atomic mass is 9.94. The van der Waals surface area contributed by atoms with Crippen molar-refractivity contribution in [3.8, 4) is 0 Å². The zero-order chi connectivity index (χ0) is 18.2. The minimum Gasteiger partial charge on any atom is -0.464 e. The van der Waals surface area contributed by atoms with Crippen LogP contribution in [0, 0.1) is 5.92 Å². The van der Waals surface area contributed by atoms with Gasteiger partial charge in [-0.15, -0.1) is 0 Å². The number of carbonyl (C=O) groups is 1. The summed E-state index contributed by atoms with van der Waals surface area (Å²) >= 11 is 0. The highest BCUT2D eigenvalue weighted by Gasteiger charge is 2.36. The molecule has 5 nitrogen and oxygen atoms in total. The Morgan fingerprint density at radius 1 is 1.11 bits per heavy atom. The Hall–Kier alpha value is -2.66. The fourth-order valence-corrected chi connectivity index (χ4v) is 4.54. The number of aromatic nitrogens is 1. The Kier molecular flexibility index (Phi) is 4.17. The van der Waals surface area contributed by atoms with E-state index >= 15 is 0 Å². The molecule has 0 N–H and O–H groups in total. The second-order valence-electron chi connectivity index (χ2n) is 7.74. The first kappa shape index (κ1) is 16.5. The maximum atomic E-state index is 12.9. The number of nitrogens with zero attached hydrogens (tertiary/aromatic N) is 3. The molecule has 27 heavy (non-hydrogen) atoms. The first-order chi connectivity index (χ1) is 13.3. The summed E-state index contributed by atoms with van der Waals surface area (Å²) < 4.78 is 5.45. The average molecular weight is 361 g/mol. The first-order valence-corrected chi connectivity index (χ1v) is 9.67. The number of pyridine rings is 1. The van der Waals surface area contributed by atoms with Gasteiger partial charge in [0.15, 0.2) is 0 Å². The van der Waals surface area contributed by atoms with Gasteiger partial charge in [0.1, 0.15) is 11.3 Å². The van der Waals surface area contributed by atoms with E-state index in [1.807, 2.05) is 29.2 Å². The third-order valence-electron chi connectivity index (χ3n) is 5.90. The normalized spacial score (nSPS) is 22.9. The molecule has 2 atom stereocenters. The molecule has 2 bridgehead atoms. The number of benzene rings is 1. The van der Waals surface area contributed by atoms with Crippen LogP contribution in [0.4, 0.5) is 0 Å². The van der Waals surface area contributed by atoms with Crippen molar-refractivity contribution in [1.29, 1.82) is 0 Å². The third kappa shape index (κ3) is 3.23. The molecule has 0 spiro atoms. The van der Waals surface area contributed by atoms with Crippen LogP contribution in [0.1, 0.15) is 28.9 Å². The van der Waals surface area contributed by atoms with Crippen LogP contribution in [0.3, 0.4) is 0 Å². The SMILES string of the molecule is O=C(c1ccccn1)N1C[C@H]2CC[C@@H](C1)N(Cc1ccc3occc3c1)C2. The van der Waals surface area contributed by atoms with Gasteiger partial charge in [0.25, 0.3) is 5.91 Å². The van der Waals surface area contributed by atoms with Crippen molar-refractivity contribution in [1.82, 2.24) is 14.8 Å². The Morgan fingerprint density at radius 3 is 2.96 bits per heavy atom. The summed E-state index contributed by atoms with van der Waals surface area (Å²) in [6, 6.07) is 14.4. The Morgan fingerprint density at radius 2 is 2.07 bits per heavy atom. The number of hydrogen-bond acceptors (Lipinski definition) is 4. The molecule has 3 saturated heterocycles. The van der Waals surface area contributed by atoms with Gasteiger partial charge in [0.05, 0.1) is 6.26 Å². The molecule has 3 fully saturated rings. The molecule has 3 aromatic rings. The van der Waals surface area contributed by atoms with Crippen molar-refractivity contribution in [2.45, 2.75) is 25.4 Å². The van der Waals surface area contributed by atoms with E-state index in [4.69, 9.17) is 4.42 Å². The van der Waals surface area contributed by atoms with Crippen LogP contribution >= 0.6 is 0 Å². The maximum absolute atomic E-state index is 12.9. The lowest BCUT2D eigenvalue weighted by Crippen LogP contribution is -2.44. The molecule has 5 heteroatoms. The highest BCUT2D eigenvalue weighted by atomic mass is 16.3. The van der Waals surface area contributed by atoms with Gasteiger partial charge in [-0.3, -0.25) is 14.7 Å². The van der Waals surface area contributed by atoms with Gasteiger partial charge in [0.2, 0.25) is 0 Å². The summed E-state index contributed by atoms with van der Waals surface area (Å²) in [6.07, 6.45) is 5.79. The van der Waals surface area contributed by atoms with Crippen LogP contribution in [0.2, 0.25) is 0 Å². The van der Waals surface area contributed by atoms with Crippen LogP contribution in [-0.4, -0.2) is 46.4 Å². The molecular formula is C22H23N3O2. The number of hydrogen-bond donors (Lipinski definition) is 0. The fourth-order valence-electron chi connectivity index (χ4n) is 4.54. The van der Waals surface area contributed by atoms with Gasteiger partial charge in [-0.25, -0.2) is 0 Å². The largest absolute Gasteiger partial charge is 0.464 e. The van der Waals surface area contributed by atoms with Crippen molar-refractivity contribution >= 4 is 16.9 Å². The summed E-state index contributed by atoms with van der Waals surface area (Å²) in [5.41, 5.74) is 2.79. The molecule has 3 aliphatic rings. The van der Waals surface area contributed by atoms with E-state index in [-0.39, 0.29) is 5.91 Å². The smallest absolute Gasteiger partial charge is 0.272 e. The molecule has 2 aromatic heterocycles. The molecule has 3 aliphatic heterocycles. The quantitative estimate of drug-likeness (QED) is 0.716. The first-order valence-electron chi connectivity index (χ1n) is 9.67. The van der Waals surface area contributed by atoms with Gasteiger partial charge in [-0.2, -0.15) is 0 Å². The van der Waals surface area contributed by atoms with Gasteiger partial charge in [-0.05, 0) is 54.7 Å². The predicted molar refractivity (Wildman–Crippen MR) is 103 cm³/mol. The summed E-state index contributed by atoms with van der Waals surface area (Å²) in [5, 5.41) is 1.15. The number of amides is 1. The van der Waals surface area contributed by atoms with E-state index in [1.165, 1.54) is 12.0 Å². The Labute approximate surface area is 158 Å². The molecule has 138 valence electrons. The average Bonchev–Trinajstić information content (AvgIpc) is 2.98. The minimum atomic E-state index is 0.0640. The zero-order valence-electron chi connectivity index (χ0n) is 15.3. The Bertz CT molecular complexity index is 952. The Balaban J connectivity index is 1.34. The van der Waals surface area contributed by atoms with E-state index in [1.54, 1.807) is 12.5 Å². The van der Waals surface area contributed by atoms with Gasteiger partial charge in [-0.1, -0.05) is 12.1 Å². The van der Waals surface area contributed by atoms with Gasteiger partial charge >= 0.3 is 0 Å². The summed E-state index contributed by atoms with van der Waals surface area (Å²) in [7, 11) is 0. The topological polar surface area (TPSA) is 49.6 Å². The number of rotatable bonds is 3. The molecule has 0 radical (unpaired) electrons. The summed E-state index contributed by atoms with van der Waals surface area (Å²) in [6.45, 7) is 3.61.